The summed E-state index contributed by atoms with van der Waals surface area (Å²) in [6, 6.07) is 0. The van der Waals surface area contributed by atoms with Gasteiger partial charge in [0.2, 0.25) is 0 Å². The lowest BCUT2D eigenvalue weighted by atomic mass is 10.3. The van der Waals surface area contributed by atoms with Crippen LogP contribution in [0.15, 0.2) is 6.20 Å². The lowest BCUT2D eigenvalue weighted by Crippen LogP contribution is -2.10. The third-order valence-electron chi connectivity index (χ3n) is 1.13. The summed E-state index contributed by atoms with van der Waals surface area (Å²) in [6.07, 6.45) is 1.34. The molecule has 1 rings (SSSR count). The Morgan fingerprint density at radius 2 is 2.50 bits per heavy atom. The molecule has 0 fully saturated rings. The smallest absolute Gasteiger partial charge is 0.253 e. The maximum Gasteiger partial charge on any atom is 0.253 e. The summed E-state index contributed by atoms with van der Waals surface area (Å²) < 4.78 is 1.38. The summed E-state index contributed by atoms with van der Waals surface area (Å²) in [5.74, 6) is -0.557. The summed E-state index contributed by atoms with van der Waals surface area (Å²) >= 11 is 5.60. The SMILES string of the molecule is Cn1ncc(C(N)=O)c1Cl. The Kier molecular flexibility index (Phi) is 1.63. The standard InChI is InChI=1S/C5H6ClN3O/c1-9-4(6)3(2-8-9)5(7)10/h2H,1H3,(H2,7,10). The maximum atomic E-state index is 10.5. The number of nitrogens with two attached hydrogens (primary N) is 1. The van der Waals surface area contributed by atoms with Crippen LogP contribution < -0.4 is 5.73 Å². The fourth-order valence-electron chi connectivity index (χ4n) is 0.588. The summed E-state index contributed by atoms with van der Waals surface area (Å²) in [5.41, 5.74) is 5.21. The zero-order valence-electron chi connectivity index (χ0n) is 5.34. The Bertz CT molecular complexity index is 268. The first-order valence-electron chi connectivity index (χ1n) is 2.60. The van der Waals surface area contributed by atoms with Crippen molar-refractivity contribution in [3.8, 4) is 0 Å². The molecule has 10 heavy (non-hydrogen) atoms. The van der Waals surface area contributed by atoms with Crippen molar-refractivity contribution in [1.29, 1.82) is 0 Å². The van der Waals surface area contributed by atoms with E-state index in [2.05, 4.69) is 5.10 Å². The van der Waals surface area contributed by atoms with E-state index in [0.29, 0.717) is 0 Å². The molecule has 1 aromatic rings. The molecule has 0 aliphatic rings. The van der Waals surface area contributed by atoms with Crippen molar-refractivity contribution in [3.05, 3.63) is 16.9 Å². The number of rotatable bonds is 1. The van der Waals surface area contributed by atoms with Gasteiger partial charge in [0.1, 0.15) is 5.15 Å². The first-order valence-corrected chi connectivity index (χ1v) is 2.98. The molecule has 1 heterocycles. The van der Waals surface area contributed by atoms with Crippen LogP contribution in [0, 0.1) is 0 Å². The van der Waals surface area contributed by atoms with E-state index >= 15 is 0 Å². The van der Waals surface area contributed by atoms with Crippen LogP contribution in [0.5, 0.6) is 0 Å². The molecule has 5 heteroatoms. The molecular formula is C5H6ClN3O. The van der Waals surface area contributed by atoms with E-state index in [1.165, 1.54) is 10.9 Å². The number of nitrogens with zero attached hydrogens (tertiary/aromatic N) is 2. The quantitative estimate of drug-likeness (QED) is 0.635. The number of aryl methyl sites for hydroxylation is 1. The zero-order chi connectivity index (χ0) is 7.72. The summed E-state index contributed by atoms with van der Waals surface area (Å²) in [5, 5.41) is 3.99. The van der Waals surface area contributed by atoms with Crippen molar-refractivity contribution in [1.82, 2.24) is 9.78 Å². The minimum Gasteiger partial charge on any atom is -0.365 e. The van der Waals surface area contributed by atoms with Gasteiger partial charge in [-0.05, 0) is 0 Å². The van der Waals surface area contributed by atoms with Gasteiger partial charge in [-0.15, -0.1) is 0 Å². The first kappa shape index (κ1) is 7.08. The van der Waals surface area contributed by atoms with E-state index in [-0.39, 0.29) is 10.7 Å². The van der Waals surface area contributed by atoms with Crippen molar-refractivity contribution in [2.75, 3.05) is 0 Å². The highest BCUT2D eigenvalue weighted by molar-refractivity contribution is 6.32. The van der Waals surface area contributed by atoms with Gasteiger partial charge in [-0.1, -0.05) is 11.6 Å². The van der Waals surface area contributed by atoms with Gasteiger partial charge in [-0.25, -0.2) is 0 Å². The van der Waals surface area contributed by atoms with Gasteiger partial charge in [-0.3, -0.25) is 9.48 Å². The molecule has 2 N–H and O–H groups in total. The Balaban J connectivity index is 3.17. The molecular weight excluding hydrogens is 154 g/mol. The normalized spacial score (nSPS) is 9.80. The lowest BCUT2D eigenvalue weighted by molar-refractivity contribution is 0.100. The van der Waals surface area contributed by atoms with Crippen LogP contribution >= 0.6 is 11.6 Å². The van der Waals surface area contributed by atoms with Crippen LogP contribution in [0.2, 0.25) is 5.15 Å². The number of hydrogen-bond donors (Lipinski definition) is 1. The largest absolute Gasteiger partial charge is 0.365 e. The number of halogens is 1. The molecule has 1 amide bonds. The fourth-order valence-corrected chi connectivity index (χ4v) is 0.773. The summed E-state index contributed by atoms with van der Waals surface area (Å²) in [7, 11) is 1.63. The zero-order valence-corrected chi connectivity index (χ0v) is 6.09. The molecule has 1 aromatic heterocycles. The maximum absolute atomic E-state index is 10.5. The molecule has 0 bridgehead atoms. The van der Waals surface area contributed by atoms with E-state index in [4.69, 9.17) is 17.3 Å². The Labute approximate surface area is 62.6 Å². The number of amides is 1. The highest BCUT2D eigenvalue weighted by atomic mass is 35.5. The van der Waals surface area contributed by atoms with Crippen LogP contribution in [0.3, 0.4) is 0 Å². The van der Waals surface area contributed by atoms with Gasteiger partial charge in [-0.2, -0.15) is 5.10 Å². The second-order valence-corrected chi connectivity index (χ2v) is 2.19. The Morgan fingerprint density at radius 1 is 1.90 bits per heavy atom. The van der Waals surface area contributed by atoms with Crippen LogP contribution in [0.25, 0.3) is 0 Å². The first-order chi connectivity index (χ1) is 4.63. The van der Waals surface area contributed by atoms with E-state index in [1.807, 2.05) is 0 Å². The fraction of sp³-hybridized carbons (Fsp3) is 0.200. The number of primary amides is 1. The molecule has 0 atom stereocenters. The van der Waals surface area contributed by atoms with Crippen molar-refractivity contribution in [2.24, 2.45) is 12.8 Å². The van der Waals surface area contributed by atoms with Crippen LogP contribution in [-0.4, -0.2) is 15.7 Å². The second-order valence-electron chi connectivity index (χ2n) is 1.84. The molecule has 54 valence electrons. The number of carbonyl (C=O) groups excluding carboxylic acids is 1. The minimum absolute atomic E-state index is 0.254. The monoisotopic (exact) mass is 159 g/mol. The van der Waals surface area contributed by atoms with Crippen LogP contribution in [-0.2, 0) is 7.05 Å². The molecule has 0 unspecified atom stereocenters. The van der Waals surface area contributed by atoms with Gasteiger partial charge in [0, 0.05) is 7.05 Å². The average Bonchev–Trinajstić information content (AvgIpc) is 2.14. The molecule has 0 aliphatic heterocycles. The topological polar surface area (TPSA) is 60.9 Å². The van der Waals surface area contributed by atoms with E-state index in [1.54, 1.807) is 7.05 Å². The Morgan fingerprint density at radius 3 is 2.70 bits per heavy atom. The van der Waals surface area contributed by atoms with E-state index < -0.39 is 5.91 Å². The van der Waals surface area contributed by atoms with Crippen LogP contribution in [0.4, 0.5) is 0 Å². The predicted molar refractivity (Wildman–Crippen MR) is 36.7 cm³/mol. The van der Waals surface area contributed by atoms with Crippen molar-refractivity contribution < 1.29 is 4.79 Å². The highest BCUT2D eigenvalue weighted by Gasteiger charge is 2.09. The molecule has 0 saturated carbocycles. The summed E-state index contributed by atoms with van der Waals surface area (Å²) in [6.45, 7) is 0. The van der Waals surface area contributed by atoms with Gasteiger partial charge in [0.05, 0.1) is 11.8 Å². The van der Waals surface area contributed by atoms with Crippen molar-refractivity contribution in [3.63, 3.8) is 0 Å². The third kappa shape index (κ3) is 0.974. The van der Waals surface area contributed by atoms with E-state index in [0.717, 1.165) is 0 Å². The third-order valence-corrected chi connectivity index (χ3v) is 1.58. The van der Waals surface area contributed by atoms with Gasteiger partial charge in [0.25, 0.3) is 5.91 Å². The number of carbonyl (C=O) groups is 1. The van der Waals surface area contributed by atoms with Crippen molar-refractivity contribution >= 4 is 17.5 Å². The molecule has 0 saturated heterocycles. The lowest BCUT2D eigenvalue weighted by Gasteiger charge is -1.90. The van der Waals surface area contributed by atoms with Gasteiger partial charge in [0.15, 0.2) is 0 Å². The second kappa shape index (κ2) is 2.30. The molecule has 0 aliphatic carbocycles. The molecule has 4 nitrogen and oxygen atoms in total. The predicted octanol–water partition coefficient (Wildman–Crippen LogP) is 0.172. The molecule has 0 aromatic carbocycles. The minimum atomic E-state index is -0.557. The van der Waals surface area contributed by atoms with Crippen LogP contribution in [0.1, 0.15) is 10.4 Å². The summed E-state index contributed by atoms with van der Waals surface area (Å²) in [4.78, 5) is 10.5. The van der Waals surface area contributed by atoms with Gasteiger partial charge >= 0.3 is 0 Å². The molecule has 0 spiro atoms. The van der Waals surface area contributed by atoms with Gasteiger partial charge < -0.3 is 5.73 Å². The average molecular weight is 160 g/mol. The van der Waals surface area contributed by atoms with Crippen molar-refractivity contribution in [2.45, 2.75) is 0 Å². The Hall–Kier alpha value is -1.03. The highest BCUT2D eigenvalue weighted by Crippen LogP contribution is 2.12. The number of hydrogen-bond acceptors (Lipinski definition) is 2. The molecule has 0 radical (unpaired) electrons. The van der Waals surface area contributed by atoms with E-state index in [9.17, 15) is 4.79 Å². The number of aromatic nitrogens is 2.